The van der Waals surface area contributed by atoms with E-state index >= 15 is 0 Å². The van der Waals surface area contributed by atoms with Crippen LogP contribution in [0.15, 0.2) is 60.7 Å². The summed E-state index contributed by atoms with van der Waals surface area (Å²) in [4.78, 5) is 2.46. The van der Waals surface area contributed by atoms with Gasteiger partial charge in [-0.05, 0) is 24.5 Å². The van der Waals surface area contributed by atoms with Gasteiger partial charge in [0.1, 0.15) is 0 Å². The molecule has 0 saturated carbocycles. The fourth-order valence-corrected chi connectivity index (χ4v) is 3.04. The Morgan fingerprint density at radius 2 is 1.50 bits per heavy atom. The van der Waals surface area contributed by atoms with E-state index in [1.54, 1.807) is 0 Å². The molecule has 0 aliphatic carbocycles. The van der Waals surface area contributed by atoms with Crippen molar-refractivity contribution in [3.05, 3.63) is 71.8 Å². The number of hydrogen-bond acceptors (Lipinski definition) is 3. The molecule has 0 bridgehead atoms. The standard InChI is InChI=1S/C21H30N2O/c1-2-24-17-9-15-23(16-14-22)18-21(19-10-5-3-6-11-19)20-12-7-4-8-13-20/h3-8,10-13,21H,2,9,14-18,22H2,1H3. The summed E-state index contributed by atoms with van der Waals surface area (Å²) in [5.74, 6) is 0.367. The molecule has 2 aromatic rings. The predicted molar refractivity (Wildman–Crippen MR) is 101 cm³/mol. The minimum absolute atomic E-state index is 0.367. The minimum Gasteiger partial charge on any atom is -0.382 e. The Labute approximate surface area is 146 Å². The van der Waals surface area contributed by atoms with Crippen LogP contribution in [0.4, 0.5) is 0 Å². The first kappa shape index (κ1) is 18.7. The summed E-state index contributed by atoms with van der Waals surface area (Å²) in [7, 11) is 0. The third-order valence-electron chi connectivity index (χ3n) is 4.26. The number of nitrogens with zero attached hydrogens (tertiary/aromatic N) is 1. The molecule has 3 nitrogen and oxygen atoms in total. The molecule has 0 amide bonds. The normalized spacial score (nSPS) is 11.3. The van der Waals surface area contributed by atoms with Crippen molar-refractivity contribution < 1.29 is 4.74 Å². The molecular weight excluding hydrogens is 296 g/mol. The third-order valence-corrected chi connectivity index (χ3v) is 4.26. The Bertz CT molecular complexity index is 505. The zero-order valence-electron chi connectivity index (χ0n) is 14.7. The van der Waals surface area contributed by atoms with Crippen molar-refractivity contribution in [3.63, 3.8) is 0 Å². The average Bonchev–Trinajstić information content (AvgIpc) is 2.64. The fourth-order valence-electron chi connectivity index (χ4n) is 3.04. The van der Waals surface area contributed by atoms with Gasteiger partial charge in [0.15, 0.2) is 0 Å². The number of hydrogen-bond donors (Lipinski definition) is 1. The molecule has 0 heterocycles. The molecule has 0 saturated heterocycles. The van der Waals surface area contributed by atoms with Gasteiger partial charge in [-0.1, -0.05) is 60.7 Å². The second kappa shape index (κ2) is 11.0. The van der Waals surface area contributed by atoms with E-state index in [0.29, 0.717) is 12.5 Å². The molecule has 0 aliphatic rings. The van der Waals surface area contributed by atoms with E-state index in [0.717, 1.165) is 39.3 Å². The summed E-state index contributed by atoms with van der Waals surface area (Å²) in [5, 5.41) is 0. The second-order valence-corrected chi connectivity index (χ2v) is 6.01. The maximum Gasteiger partial charge on any atom is 0.0478 e. The van der Waals surface area contributed by atoms with E-state index in [9.17, 15) is 0 Å². The molecule has 3 heteroatoms. The third kappa shape index (κ3) is 6.08. The first-order valence-electron chi connectivity index (χ1n) is 8.95. The Morgan fingerprint density at radius 1 is 0.917 bits per heavy atom. The molecule has 0 fully saturated rings. The van der Waals surface area contributed by atoms with Gasteiger partial charge in [0.25, 0.3) is 0 Å². The minimum atomic E-state index is 0.367. The SMILES string of the molecule is CCOCCCN(CCN)CC(c1ccccc1)c1ccccc1. The van der Waals surface area contributed by atoms with Gasteiger partial charge in [-0.3, -0.25) is 0 Å². The lowest BCUT2D eigenvalue weighted by molar-refractivity contribution is 0.131. The summed E-state index contributed by atoms with van der Waals surface area (Å²) >= 11 is 0. The molecular formula is C21H30N2O. The maximum absolute atomic E-state index is 5.84. The van der Waals surface area contributed by atoms with E-state index in [-0.39, 0.29) is 0 Å². The Hall–Kier alpha value is -1.68. The van der Waals surface area contributed by atoms with Gasteiger partial charge >= 0.3 is 0 Å². The van der Waals surface area contributed by atoms with Crippen LogP contribution in [0.3, 0.4) is 0 Å². The Morgan fingerprint density at radius 3 is 2.00 bits per heavy atom. The average molecular weight is 326 g/mol. The molecule has 0 spiro atoms. The lowest BCUT2D eigenvalue weighted by Crippen LogP contribution is -2.35. The van der Waals surface area contributed by atoms with Crippen molar-refractivity contribution >= 4 is 0 Å². The predicted octanol–water partition coefficient (Wildman–Crippen LogP) is 3.51. The topological polar surface area (TPSA) is 38.5 Å². The van der Waals surface area contributed by atoms with Crippen LogP contribution in [-0.4, -0.2) is 44.3 Å². The molecule has 24 heavy (non-hydrogen) atoms. The van der Waals surface area contributed by atoms with Gasteiger partial charge in [0.2, 0.25) is 0 Å². The van der Waals surface area contributed by atoms with Crippen LogP contribution in [0.2, 0.25) is 0 Å². The molecule has 0 aliphatic heterocycles. The first-order valence-corrected chi connectivity index (χ1v) is 8.95. The lowest BCUT2D eigenvalue weighted by atomic mass is 9.90. The molecule has 2 N–H and O–H groups in total. The highest BCUT2D eigenvalue weighted by Crippen LogP contribution is 2.25. The largest absolute Gasteiger partial charge is 0.382 e. The highest BCUT2D eigenvalue weighted by atomic mass is 16.5. The molecule has 2 rings (SSSR count). The highest BCUT2D eigenvalue weighted by Gasteiger charge is 2.17. The van der Waals surface area contributed by atoms with Crippen LogP contribution in [0.25, 0.3) is 0 Å². The molecule has 0 aromatic heterocycles. The van der Waals surface area contributed by atoms with Gasteiger partial charge in [-0.25, -0.2) is 0 Å². The smallest absolute Gasteiger partial charge is 0.0478 e. The zero-order valence-corrected chi connectivity index (χ0v) is 14.7. The summed E-state index contributed by atoms with van der Waals surface area (Å²) in [5.41, 5.74) is 8.55. The van der Waals surface area contributed by atoms with Crippen molar-refractivity contribution in [1.29, 1.82) is 0 Å². The van der Waals surface area contributed by atoms with Crippen LogP contribution in [0.1, 0.15) is 30.4 Å². The Balaban J connectivity index is 2.10. The number of ether oxygens (including phenoxy) is 1. The quantitative estimate of drug-likeness (QED) is 0.642. The number of benzene rings is 2. The van der Waals surface area contributed by atoms with Gasteiger partial charge in [-0.2, -0.15) is 0 Å². The van der Waals surface area contributed by atoms with Crippen LogP contribution in [0, 0.1) is 0 Å². The maximum atomic E-state index is 5.84. The van der Waals surface area contributed by atoms with E-state index in [1.807, 2.05) is 6.92 Å². The van der Waals surface area contributed by atoms with Crippen molar-refractivity contribution in [1.82, 2.24) is 4.90 Å². The van der Waals surface area contributed by atoms with Crippen molar-refractivity contribution in [2.45, 2.75) is 19.3 Å². The van der Waals surface area contributed by atoms with Gasteiger partial charge in [0, 0.05) is 45.3 Å². The summed E-state index contributed by atoms with van der Waals surface area (Å²) in [6, 6.07) is 21.5. The van der Waals surface area contributed by atoms with Crippen LogP contribution in [-0.2, 0) is 4.74 Å². The highest BCUT2D eigenvalue weighted by molar-refractivity contribution is 5.32. The van der Waals surface area contributed by atoms with Crippen molar-refractivity contribution in [3.8, 4) is 0 Å². The summed E-state index contributed by atoms with van der Waals surface area (Å²) in [6.07, 6.45) is 1.05. The molecule has 0 radical (unpaired) electrons. The fraction of sp³-hybridized carbons (Fsp3) is 0.429. The summed E-state index contributed by atoms with van der Waals surface area (Å²) in [6.45, 7) is 7.25. The summed E-state index contributed by atoms with van der Waals surface area (Å²) < 4.78 is 5.48. The molecule has 0 atom stereocenters. The van der Waals surface area contributed by atoms with Crippen LogP contribution < -0.4 is 5.73 Å². The van der Waals surface area contributed by atoms with Gasteiger partial charge in [0.05, 0.1) is 0 Å². The van der Waals surface area contributed by atoms with Crippen molar-refractivity contribution in [2.75, 3.05) is 39.4 Å². The van der Waals surface area contributed by atoms with E-state index < -0.39 is 0 Å². The molecule has 0 unspecified atom stereocenters. The van der Waals surface area contributed by atoms with Crippen molar-refractivity contribution in [2.24, 2.45) is 5.73 Å². The molecule has 2 aromatic carbocycles. The van der Waals surface area contributed by atoms with E-state index in [4.69, 9.17) is 10.5 Å². The van der Waals surface area contributed by atoms with Gasteiger partial charge in [-0.15, -0.1) is 0 Å². The van der Waals surface area contributed by atoms with Crippen LogP contribution in [0.5, 0.6) is 0 Å². The monoisotopic (exact) mass is 326 g/mol. The van der Waals surface area contributed by atoms with Gasteiger partial charge < -0.3 is 15.4 Å². The van der Waals surface area contributed by atoms with E-state index in [2.05, 4.69) is 65.6 Å². The van der Waals surface area contributed by atoms with Crippen LogP contribution >= 0.6 is 0 Å². The Kier molecular flexibility index (Phi) is 8.53. The lowest BCUT2D eigenvalue weighted by Gasteiger charge is -2.28. The number of nitrogens with two attached hydrogens (primary N) is 1. The molecule has 130 valence electrons. The second-order valence-electron chi connectivity index (χ2n) is 6.01. The first-order chi connectivity index (χ1) is 11.8. The van der Waals surface area contributed by atoms with E-state index in [1.165, 1.54) is 11.1 Å². The number of rotatable bonds is 11. The zero-order chi connectivity index (χ0) is 17.0.